The molecule has 0 bridgehead atoms. The van der Waals surface area contributed by atoms with Crippen molar-refractivity contribution >= 4 is 12.6 Å². The van der Waals surface area contributed by atoms with Crippen molar-refractivity contribution < 1.29 is 4.74 Å². The van der Waals surface area contributed by atoms with Crippen LogP contribution in [-0.4, -0.2) is 43.5 Å². The van der Waals surface area contributed by atoms with Crippen molar-refractivity contribution in [1.82, 2.24) is 4.90 Å². The van der Waals surface area contributed by atoms with Gasteiger partial charge >= 0.3 is 0 Å². The summed E-state index contributed by atoms with van der Waals surface area (Å²) in [5, 5.41) is 0. The lowest BCUT2D eigenvalue weighted by atomic mass is 10.1. The van der Waals surface area contributed by atoms with Gasteiger partial charge in [0.15, 0.2) is 0 Å². The highest BCUT2D eigenvalue weighted by Gasteiger charge is 2.19. The summed E-state index contributed by atoms with van der Waals surface area (Å²) >= 11 is 4.30. The second-order valence-corrected chi connectivity index (χ2v) is 4.39. The zero-order chi connectivity index (χ0) is 9.68. The number of piperidine rings is 1. The molecule has 0 spiro atoms. The number of nitrogens with zero attached hydrogens (tertiary/aromatic N) is 1. The normalized spacial score (nSPS) is 23.3. The molecule has 0 amide bonds. The lowest BCUT2D eigenvalue weighted by Crippen LogP contribution is -2.39. The van der Waals surface area contributed by atoms with E-state index >= 15 is 0 Å². The second-order valence-electron chi connectivity index (χ2n) is 4.02. The Morgan fingerprint density at radius 2 is 2.08 bits per heavy atom. The fourth-order valence-electron chi connectivity index (χ4n) is 1.83. The van der Waals surface area contributed by atoms with Crippen molar-refractivity contribution in [3.63, 3.8) is 0 Å². The number of hydrogen-bond acceptors (Lipinski definition) is 3. The molecule has 0 aromatic carbocycles. The summed E-state index contributed by atoms with van der Waals surface area (Å²) in [7, 11) is 1.82. The van der Waals surface area contributed by atoms with E-state index in [0.717, 1.165) is 5.75 Å². The Hall–Kier alpha value is 0.270. The summed E-state index contributed by atoms with van der Waals surface area (Å²) < 4.78 is 5.33. The molecular weight excluding hydrogens is 182 g/mol. The number of rotatable bonds is 4. The van der Waals surface area contributed by atoms with Gasteiger partial charge in [-0.15, -0.1) is 0 Å². The van der Waals surface area contributed by atoms with Crippen LogP contribution in [0.3, 0.4) is 0 Å². The minimum absolute atomic E-state index is 0.502. The van der Waals surface area contributed by atoms with E-state index in [-0.39, 0.29) is 0 Å². The van der Waals surface area contributed by atoms with Crippen molar-refractivity contribution in [2.24, 2.45) is 5.92 Å². The minimum Gasteiger partial charge on any atom is -0.381 e. The Morgan fingerprint density at radius 3 is 2.54 bits per heavy atom. The van der Waals surface area contributed by atoms with Crippen molar-refractivity contribution in [3.8, 4) is 0 Å². The van der Waals surface area contributed by atoms with Gasteiger partial charge in [0.1, 0.15) is 0 Å². The molecule has 1 unspecified atom stereocenters. The third kappa shape index (κ3) is 3.88. The Balaban J connectivity index is 2.17. The standard InChI is InChI=1S/C10H21NOS/c1-9(8-13)7-11-5-3-10(12-2)4-6-11/h9-10,13H,3-8H2,1-2H3. The van der Waals surface area contributed by atoms with Crippen molar-refractivity contribution in [2.45, 2.75) is 25.9 Å². The topological polar surface area (TPSA) is 12.5 Å². The summed E-state index contributed by atoms with van der Waals surface area (Å²) in [6.45, 7) is 5.84. The number of thiol groups is 1. The first-order valence-corrected chi connectivity index (χ1v) is 5.75. The predicted octanol–water partition coefficient (Wildman–Crippen LogP) is 1.66. The van der Waals surface area contributed by atoms with E-state index in [1.54, 1.807) is 0 Å². The Morgan fingerprint density at radius 1 is 1.46 bits per heavy atom. The van der Waals surface area contributed by atoms with Crippen LogP contribution in [0.1, 0.15) is 19.8 Å². The second kappa shape index (κ2) is 5.89. The van der Waals surface area contributed by atoms with Crippen LogP contribution in [0.5, 0.6) is 0 Å². The van der Waals surface area contributed by atoms with E-state index in [2.05, 4.69) is 24.5 Å². The molecule has 78 valence electrons. The number of ether oxygens (including phenoxy) is 1. The number of methoxy groups -OCH3 is 1. The Bertz CT molecular complexity index is 135. The van der Waals surface area contributed by atoms with E-state index < -0.39 is 0 Å². The van der Waals surface area contributed by atoms with Crippen LogP contribution >= 0.6 is 12.6 Å². The molecule has 1 aliphatic heterocycles. The average molecular weight is 203 g/mol. The van der Waals surface area contributed by atoms with Crippen LogP contribution in [0.4, 0.5) is 0 Å². The van der Waals surface area contributed by atoms with Gasteiger partial charge in [0.25, 0.3) is 0 Å². The van der Waals surface area contributed by atoms with E-state index in [9.17, 15) is 0 Å². The van der Waals surface area contributed by atoms with Crippen LogP contribution < -0.4 is 0 Å². The summed E-state index contributed by atoms with van der Waals surface area (Å²) in [5.74, 6) is 1.70. The first-order valence-electron chi connectivity index (χ1n) is 5.12. The Labute approximate surface area is 87.0 Å². The van der Waals surface area contributed by atoms with Crippen LogP contribution in [0.15, 0.2) is 0 Å². The van der Waals surface area contributed by atoms with E-state index in [1.807, 2.05) is 7.11 Å². The molecule has 13 heavy (non-hydrogen) atoms. The molecule has 1 rings (SSSR count). The van der Waals surface area contributed by atoms with Crippen LogP contribution in [0.25, 0.3) is 0 Å². The van der Waals surface area contributed by atoms with Gasteiger partial charge in [-0.3, -0.25) is 0 Å². The molecule has 0 radical (unpaired) electrons. The van der Waals surface area contributed by atoms with Gasteiger partial charge in [0, 0.05) is 26.7 Å². The quantitative estimate of drug-likeness (QED) is 0.698. The number of likely N-dealkylation sites (tertiary alicyclic amines) is 1. The van der Waals surface area contributed by atoms with Crippen LogP contribution in [0, 0.1) is 5.92 Å². The maximum atomic E-state index is 5.33. The molecule has 0 N–H and O–H groups in total. The summed E-state index contributed by atoms with van der Waals surface area (Å²) in [6, 6.07) is 0. The third-order valence-electron chi connectivity index (χ3n) is 2.75. The lowest BCUT2D eigenvalue weighted by Gasteiger charge is -2.32. The van der Waals surface area contributed by atoms with E-state index in [0.29, 0.717) is 12.0 Å². The van der Waals surface area contributed by atoms with E-state index in [1.165, 1.54) is 32.5 Å². The first-order chi connectivity index (χ1) is 6.26. The SMILES string of the molecule is COC1CCN(CC(C)CS)CC1. The molecule has 1 aliphatic rings. The van der Waals surface area contributed by atoms with Gasteiger partial charge in [-0.1, -0.05) is 6.92 Å². The molecule has 0 aromatic heterocycles. The molecule has 1 fully saturated rings. The van der Waals surface area contributed by atoms with E-state index in [4.69, 9.17) is 4.74 Å². The summed E-state index contributed by atoms with van der Waals surface area (Å²) in [6.07, 6.45) is 2.88. The molecule has 3 heteroatoms. The predicted molar refractivity (Wildman–Crippen MR) is 59.5 cm³/mol. The van der Waals surface area contributed by atoms with Gasteiger partial charge in [-0.25, -0.2) is 0 Å². The van der Waals surface area contributed by atoms with Crippen molar-refractivity contribution in [2.75, 3.05) is 32.5 Å². The Kier molecular flexibility index (Phi) is 5.14. The first kappa shape index (κ1) is 11.3. The molecular formula is C10H21NOS. The smallest absolute Gasteiger partial charge is 0.0595 e. The van der Waals surface area contributed by atoms with Crippen molar-refractivity contribution in [3.05, 3.63) is 0 Å². The molecule has 2 nitrogen and oxygen atoms in total. The van der Waals surface area contributed by atoms with Gasteiger partial charge in [0.2, 0.25) is 0 Å². The zero-order valence-electron chi connectivity index (χ0n) is 8.70. The summed E-state index contributed by atoms with van der Waals surface area (Å²) in [4.78, 5) is 2.52. The fourth-order valence-corrected chi connectivity index (χ4v) is 1.94. The maximum Gasteiger partial charge on any atom is 0.0595 e. The summed E-state index contributed by atoms with van der Waals surface area (Å²) in [5.41, 5.74) is 0. The van der Waals surface area contributed by atoms with Gasteiger partial charge in [0.05, 0.1) is 6.10 Å². The highest BCUT2D eigenvalue weighted by Crippen LogP contribution is 2.14. The molecule has 0 saturated carbocycles. The van der Waals surface area contributed by atoms with Crippen LogP contribution in [-0.2, 0) is 4.74 Å². The molecule has 0 aromatic rings. The zero-order valence-corrected chi connectivity index (χ0v) is 9.59. The number of hydrogen-bond donors (Lipinski definition) is 1. The van der Waals surface area contributed by atoms with Gasteiger partial charge in [-0.2, -0.15) is 12.6 Å². The largest absolute Gasteiger partial charge is 0.381 e. The average Bonchev–Trinajstić information content (AvgIpc) is 2.19. The monoisotopic (exact) mass is 203 g/mol. The van der Waals surface area contributed by atoms with Gasteiger partial charge in [-0.05, 0) is 24.5 Å². The highest BCUT2D eigenvalue weighted by atomic mass is 32.1. The molecule has 0 aliphatic carbocycles. The van der Waals surface area contributed by atoms with Gasteiger partial charge < -0.3 is 9.64 Å². The maximum absolute atomic E-state index is 5.33. The highest BCUT2D eigenvalue weighted by molar-refractivity contribution is 7.80. The van der Waals surface area contributed by atoms with Crippen molar-refractivity contribution in [1.29, 1.82) is 0 Å². The lowest BCUT2D eigenvalue weighted by molar-refractivity contribution is 0.0381. The molecule has 1 atom stereocenters. The van der Waals surface area contributed by atoms with Crippen LogP contribution in [0.2, 0.25) is 0 Å². The third-order valence-corrected chi connectivity index (χ3v) is 3.37. The minimum atomic E-state index is 0.502. The fraction of sp³-hybridized carbons (Fsp3) is 1.00. The molecule has 1 saturated heterocycles. The molecule has 1 heterocycles.